The minimum atomic E-state index is -0.370. The molecule has 0 aliphatic heterocycles. The third kappa shape index (κ3) is 7.00. The molecule has 7 heteroatoms. The number of rotatable bonds is 6. The van der Waals surface area contributed by atoms with Crippen molar-refractivity contribution in [3.05, 3.63) is 65.2 Å². The molecule has 0 aromatic heterocycles. The van der Waals surface area contributed by atoms with E-state index >= 15 is 0 Å². The van der Waals surface area contributed by atoms with E-state index in [1.165, 1.54) is 0 Å². The first-order valence-corrected chi connectivity index (χ1v) is 9.43. The number of nitrogens with one attached hydrogen (secondary N) is 3. The smallest absolute Gasteiger partial charge is 0.269 e. The Labute approximate surface area is 170 Å². The molecule has 0 atom stereocenters. The Morgan fingerprint density at radius 3 is 2.36 bits per heavy atom. The summed E-state index contributed by atoms with van der Waals surface area (Å²) >= 11 is 5.05. The first kappa shape index (κ1) is 21.4. The summed E-state index contributed by atoms with van der Waals surface area (Å²) in [6.07, 6.45) is 0.209. The number of amides is 2. The van der Waals surface area contributed by atoms with Gasteiger partial charge in [0.25, 0.3) is 5.91 Å². The van der Waals surface area contributed by atoms with E-state index in [1.54, 1.807) is 24.3 Å². The molecular formula is C21H25N3O3S. The molecule has 0 aliphatic rings. The van der Waals surface area contributed by atoms with Crippen LogP contribution in [0.3, 0.4) is 0 Å². The van der Waals surface area contributed by atoms with Crippen molar-refractivity contribution in [2.45, 2.75) is 27.2 Å². The number of aryl methyl sites for hydroxylation is 1. The maximum Gasteiger partial charge on any atom is 0.269 e. The Kier molecular flexibility index (Phi) is 7.95. The van der Waals surface area contributed by atoms with E-state index in [-0.39, 0.29) is 23.3 Å². The van der Waals surface area contributed by atoms with E-state index in [2.05, 4.69) is 30.0 Å². The number of benzene rings is 2. The molecule has 0 fully saturated rings. The minimum absolute atomic E-state index is 0.0313. The number of carbonyl (C=O) groups excluding carboxylic acids is 2. The van der Waals surface area contributed by atoms with Crippen LogP contribution < -0.4 is 20.9 Å². The number of thiocarbonyl (C=S) groups is 1. The van der Waals surface area contributed by atoms with Gasteiger partial charge in [-0.1, -0.05) is 38.1 Å². The largest absolute Gasteiger partial charge is 0.493 e. The number of ether oxygens (including phenoxy) is 1. The summed E-state index contributed by atoms with van der Waals surface area (Å²) < 4.78 is 5.59. The number of hydrazine groups is 1. The molecule has 0 saturated heterocycles. The first-order valence-electron chi connectivity index (χ1n) is 9.02. The molecule has 2 rings (SSSR count). The summed E-state index contributed by atoms with van der Waals surface area (Å²) in [5.41, 5.74) is 7.40. The molecule has 0 radical (unpaired) electrons. The van der Waals surface area contributed by atoms with E-state index in [0.29, 0.717) is 23.8 Å². The van der Waals surface area contributed by atoms with Gasteiger partial charge in [0.15, 0.2) is 5.11 Å². The van der Waals surface area contributed by atoms with Crippen molar-refractivity contribution >= 4 is 29.1 Å². The summed E-state index contributed by atoms with van der Waals surface area (Å²) in [5.74, 6) is 0.505. The lowest BCUT2D eigenvalue weighted by Crippen LogP contribution is -2.48. The second kappa shape index (κ2) is 10.4. The molecule has 2 amide bonds. The van der Waals surface area contributed by atoms with Gasteiger partial charge in [0.2, 0.25) is 5.91 Å². The first-order chi connectivity index (χ1) is 13.3. The van der Waals surface area contributed by atoms with Crippen LogP contribution in [0.5, 0.6) is 5.75 Å². The van der Waals surface area contributed by atoms with Gasteiger partial charge in [-0.15, -0.1) is 0 Å². The quantitative estimate of drug-likeness (QED) is 0.514. The van der Waals surface area contributed by atoms with E-state index in [9.17, 15) is 9.59 Å². The Bertz CT molecular complexity index is 835. The van der Waals surface area contributed by atoms with Gasteiger partial charge in [-0.05, 0) is 60.5 Å². The second-order valence-electron chi connectivity index (χ2n) is 6.79. The topological polar surface area (TPSA) is 79.5 Å². The lowest BCUT2D eigenvalue weighted by molar-refractivity contribution is -0.119. The molecule has 6 nitrogen and oxygen atoms in total. The third-order valence-electron chi connectivity index (χ3n) is 3.85. The normalized spacial score (nSPS) is 10.3. The molecule has 0 unspecified atom stereocenters. The highest BCUT2D eigenvalue weighted by molar-refractivity contribution is 7.80. The predicted molar refractivity (Wildman–Crippen MR) is 113 cm³/mol. The highest BCUT2D eigenvalue weighted by Gasteiger charge is 2.10. The van der Waals surface area contributed by atoms with Gasteiger partial charge in [0.1, 0.15) is 5.75 Å². The zero-order valence-corrected chi connectivity index (χ0v) is 17.1. The van der Waals surface area contributed by atoms with Gasteiger partial charge < -0.3 is 10.1 Å². The van der Waals surface area contributed by atoms with E-state index in [1.807, 2.05) is 31.2 Å². The molecular weight excluding hydrogens is 374 g/mol. The van der Waals surface area contributed by atoms with E-state index in [4.69, 9.17) is 17.0 Å². The molecule has 2 aromatic carbocycles. The van der Waals surface area contributed by atoms with Gasteiger partial charge in [-0.2, -0.15) is 0 Å². The monoisotopic (exact) mass is 399 g/mol. The highest BCUT2D eigenvalue weighted by atomic mass is 32.1. The predicted octanol–water partition coefficient (Wildman–Crippen LogP) is 2.91. The zero-order valence-electron chi connectivity index (χ0n) is 16.2. The fourth-order valence-corrected chi connectivity index (χ4v) is 2.50. The molecule has 148 valence electrons. The van der Waals surface area contributed by atoms with Crippen LogP contribution in [0.4, 0.5) is 0 Å². The third-order valence-corrected chi connectivity index (χ3v) is 4.06. The lowest BCUT2D eigenvalue weighted by Gasteiger charge is -2.12. The lowest BCUT2D eigenvalue weighted by atomic mass is 10.1. The van der Waals surface area contributed by atoms with Gasteiger partial charge in [0, 0.05) is 5.56 Å². The van der Waals surface area contributed by atoms with Crippen LogP contribution in [0.25, 0.3) is 0 Å². The van der Waals surface area contributed by atoms with Crippen LogP contribution in [-0.2, 0) is 11.2 Å². The van der Waals surface area contributed by atoms with E-state index in [0.717, 1.165) is 11.1 Å². The zero-order chi connectivity index (χ0) is 20.5. The van der Waals surface area contributed by atoms with Crippen LogP contribution in [0, 0.1) is 12.8 Å². The highest BCUT2D eigenvalue weighted by Crippen LogP contribution is 2.13. The molecule has 0 spiro atoms. The molecule has 28 heavy (non-hydrogen) atoms. The van der Waals surface area contributed by atoms with Crippen molar-refractivity contribution in [2.24, 2.45) is 5.92 Å². The van der Waals surface area contributed by atoms with Gasteiger partial charge in [-0.3, -0.25) is 20.4 Å². The van der Waals surface area contributed by atoms with Gasteiger partial charge in [-0.25, -0.2) is 0 Å². The van der Waals surface area contributed by atoms with Crippen molar-refractivity contribution in [3.63, 3.8) is 0 Å². The van der Waals surface area contributed by atoms with Crippen LogP contribution in [0.1, 0.15) is 35.3 Å². The summed E-state index contributed by atoms with van der Waals surface area (Å²) in [5, 5.41) is 2.58. The van der Waals surface area contributed by atoms with Crippen LogP contribution in [0.2, 0.25) is 0 Å². The molecule has 0 bridgehead atoms. The fraction of sp³-hybridized carbons (Fsp3) is 0.286. The maximum atomic E-state index is 12.2. The fourth-order valence-electron chi connectivity index (χ4n) is 2.33. The maximum absolute atomic E-state index is 12.2. The van der Waals surface area contributed by atoms with Crippen molar-refractivity contribution < 1.29 is 14.3 Å². The Morgan fingerprint density at radius 1 is 1.04 bits per heavy atom. The minimum Gasteiger partial charge on any atom is -0.493 e. The Balaban J connectivity index is 1.78. The molecule has 2 aromatic rings. The molecule has 0 saturated carbocycles. The van der Waals surface area contributed by atoms with Gasteiger partial charge in [0.05, 0.1) is 13.0 Å². The SMILES string of the molecule is Cc1ccccc1CC(=O)NC(=S)NNC(=O)c1ccc(OCC(C)C)cc1. The van der Waals surface area contributed by atoms with Crippen LogP contribution in [0.15, 0.2) is 48.5 Å². The molecule has 0 aliphatic carbocycles. The molecule has 3 N–H and O–H groups in total. The second-order valence-corrected chi connectivity index (χ2v) is 7.20. The summed E-state index contributed by atoms with van der Waals surface area (Å²) in [7, 11) is 0. The Hall–Kier alpha value is -2.93. The van der Waals surface area contributed by atoms with Crippen molar-refractivity contribution in [2.75, 3.05) is 6.61 Å². The average molecular weight is 400 g/mol. The number of carbonyl (C=O) groups is 2. The van der Waals surface area contributed by atoms with E-state index < -0.39 is 0 Å². The van der Waals surface area contributed by atoms with Gasteiger partial charge >= 0.3 is 0 Å². The summed E-state index contributed by atoms with van der Waals surface area (Å²) in [4.78, 5) is 24.2. The summed E-state index contributed by atoms with van der Waals surface area (Å²) in [6, 6.07) is 14.4. The van der Waals surface area contributed by atoms with Crippen LogP contribution >= 0.6 is 12.2 Å². The summed E-state index contributed by atoms with van der Waals surface area (Å²) in [6.45, 7) is 6.69. The molecule has 0 heterocycles. The average Bonchev–Trinajstić information content (AvgIpc) is 2.66. The number of hydrogen-bond acceptors (Lipinski definition) is 4. The van der Waals surface area contributed by atoms with Crippen molar-refractivity contribution in [1.29, 1.82) is 0 Å². The van der Waals surface area contributed by atoms with Crippen molar-refractivity contribution in [3.8, 4) is 5.75 Å². The Morgan fingerprint density at radius 2 is 1.71 bits per heavy atom. The number of hydrogen-bond donors (Lipinski definition) is 3. The van der Waals surface area contributed by atoms with Crippen molar-refractivity contribution in [1.82, 2.24) is 16.2 Å². The standard InChI is InChI=1S/C21H25N3O3S/c1-14(2)13-27-18-10-8-16(9-11-18)20(26)23-24-21(28)22-19(25)12-17-7-5-4-6-15(17)3/h4-11,14H,12-13H2,1-3H3,(H,23,26)(H2,22,24,25,28). The van der Waals surface area contributed by atoms with Crippen LogP contribution in [-0.4, -0.2) is 23.5 Å².